The van der Waals surface area contributed by atoms with Gasteiger partial charge in [-0.15, -0.1) is 0 Å². The van der Waals surface area contributed by atoms with E-state index in [-0.39, 0.29) is 0 Å². The van der Waals surface area contributed by atoms with Crippen LogP contribution in [-0.4, -0.2) is 12.2 Å². The van der Waals surface area contributed by atoms with Crippen LogP contribution in [0.3, 0.4) is 0 Å². The molecule has 0 aliphatic heterocycles. The lowest BCUT2D eigenvalue weighted by Crippen LogP contribution is -2.00. The first-order chi connectivity index (χ1) is 8.75. The van der Waals surface area contributed by atoms with Crippen LogP contribution in [0, 0.1) is 6.92 Å². The molecular formula is C15H13NO2. The highest BCUT2D eigenvalue weighted by Crippen LogP contribution is 2.03. The van der Waals surface area contributed by atoms with Crippen LogP contribution in [0.25, 0.3) is 0 Å². The van der Waals surface area contributed by atoms with Crippen LogP contribution in [0.5, 0.6) is 0 Å². The topological polar surface area (TPSA) is 38.7 Å². The van der Waals surface area contributed by atoms with Gasteiger partial charge in [-0.1, -0.05) is 53.2 Å². The lowest BCUT2D eigenvalue weighted by molar-refractivity contribution is 0.0519. The maximum atomic E-state index is 11.6. The molecule has 0 amide bonds. The largest absolute Gasteiger partial charge is 0.365 e. The molecule has 2 aromatic rings. The monoisotopic (exact) mass is 239 g/mol. The van der Waals surface area contributed by atoms with Gasteiger partial charge in [-0.25, -0.2) is 4.79 Å². The molecule has 90 valence electrons. The van der Waals surface area contributed by atoms with Crippen LogP contribution in [-0.2, 0) is 4.84 Å². The summed E-state index contributed by atoms with van der Waals surface area (Å²) in [7, 11) is 0. The summed E-state index contributed by atoms with van der Waals surface area (Å²) in [4.78, 5) is 16.3. The summed E-state index contributed by atoms with van der Waals surface area (Å²) in [5.41, 5.74) is 2.55. The molecular weight excluding hydrogens is 226 g/mol. The minimum atomic E-state index is -0.459. The van der Waals surface area contributed by atoms with Gasteiger partial charge in [0, 0.05) is 0 Å². The van der Waals surface area contributed by atoms with Crippen molar-refractivity contribution in [3.05, 3.63) is 71.3 Å². The molecule has 0 aliphatic carbocycles. The van der Waals surface area contributed by atoms with Gasteiger partial charge in [0.2, 0.25) is 0 Å². The van der Waals surface area contributed by atoms with Crippen molar-refractivity contribution in [1.29, 1.82) is 0 Å². The van der Waals surface area contributed by atoms with Crippen molar-refractivity contribution in [2.45, 2.75) is 6.92 Å². The standard InChI is InChI=1S/C15H13NO2/c1-12-7-9-13(10-8-12)11-16-18-15(17)14-5-3-2-4-6-14/h2-11H,1H3/b16-11-. The Morgan fingerprint density at radius 1 is 1.06 bits per heavy atom. The lowest BCUT2D eigenvalue weighted by Gasteiger charge is -1.97. The van der Waals surface area contributed by atoms with Gasteiger partial charge in [0.15, 0.2) is 0 Å². The van der Waals surface area contributed by atoms with E-state index in [1.165, 1.54) is 11.8 Å². The average molecular weight is 239 g/mol. The fourth-order valence-electron chi connectivity index (χ4n) is 1.41. The Balaban J connectivity index is 1.96. The van der Waals surface area contributed by atoms with Crippen LogP contribution in [0.2, 0.25) is 0 Å². The summed E-state index contributed by atoms with van der Waals surface area (Å²) < 4.78 is 0. The number of hydrogen-bond acceptors (Lipinski definition) is 3. The van der Waals surface area contributed by atoms with Crippen LogP contribution in [0.4, 0.5) is 0 Å². The summed E-state index contributed by atoms with van der Waals surface area (Å²) in [5.74, 6) is -0.459. The number of oxime groups is 1. The Morgan fingerprint density at radius 2 is 1.72 bits per heavy atom. The second-order valence-electron chi connectivity index (χ2n) is 3.89. The zero-order valence-corrected chi connectivity index (χ0v) is 10.0. The van der Waals surface area contributed by atoms with Gasteiger partial charge in [-0.3, -0.25) is 0 Å². The normalized spacial score (nSPS) is 10.5. The lowest BCUT2D eigenvalue weighted by atomic mass is 10.2. The Labute approximate surface area is 106 Å². The fourth-order valence-corrected chi connectivity index (χ4v) is 1.41. The number of benzene rings is 2. The molecule has 0 spiro atoms. The Bertz CT molecular complexity index is 544. The number of carbonyl (C=O) groups excluding carboxylic acids is 1. The van der Waals surface area contributed by atoms with Crippen molar-refractivity contribution in [3.63, 3.8) is 0 Å². The second kappa shape index (κ2) is 5.77. The van der Waals surface area contributed by atoms with E-state index in [9.17, 15) is 4.79 Å². The van der Waals surface area contributed by atoms with Gasteiger partial charge in [-0.2, -0.15) is 0 Å². The molecule has 0 bridgehead atoms. The van der Waals surface area contributed by atoms with Crippen molar-refractivity contribution in [2.24, 2.45) is 5.16 Å². The molecule has 0 N–H and O–H groups in total. The molecule has 2 aromatic carbocycles. The summed E-state index contributed by atoms with van der Waals surface area (Å²) in [5, 5.41) is 3.67. The molecule has 0 aromatic heterocycles. The van der Waals surface area contributed by atoms with Crippen molar-refractivity contribution < 1.29 is 9.63 Å². The third kappa shape index (κ3) is 3.28. The average Bonchev–Trinajstić information content (AvgIpc) is 2.42. The minimum absolute atomic E-state index is 0.459. The van der Waals surface area contributed by atoms with E-state index >= 15 is 0 Å². The van der Waals surface area contributed by atoms with Gasteiger partial charge < -0.3 is 4.84 Å². The molecule has 0 atom stereocenters. The first kappa shape index (κ1) is 12.0. The smallest absolute Gasteiger partial charge is 0.313 e. The number of carbonyl (C=O) groups is 1. The van der Waals surface area contributed by atoms with Gasteiger partial charge in [0.25, 0.3) is 0 Å². The zero-order valence-electron chi connectivity index (χ0n) is 10.0. The number of hydrogen-bond donors (Lipinski definition) is 0. The predicted molar refractivity (Wildman–Crippen MR) is 70.6 cm³/mol. The zero-order chi connectivity index (χ0) is 12.8. The van der Waals surface area contributed by atoms with Crippen LogP contribution in [0.15, 0.2) is 59.8 Å². The first-order valence-corrected chi connectivity index (χ1v) is 5.62. The van der Waals surface area contributed by atoms with Gasteiger partial charge in [0.05, 0.1) is 11.8 Å². The van der Waals surface area contributed by atoms with E-state index in [1.807, 2.05) is 37.3 Å². The van der Waals surface area contributed by atoms with Gasteiger partial charge in [0.1, 0.15) is 0 Å². The molecule has 0 unspecified atom stereocenters. The third-order valence-corrected chi connectivity index (χ3v) is 2.42. The Morgan fingerprint density at radius 3 is 2.39 bits per heavy atom. The second-order valence-corrected chi connectivity index (χ2v) is 3.89. The Kier molecular flexibility index (Phi) is 3.86. The number of aryl methyl sites for hydroxylation is 1. The number of nitrogens with zero attached hydrogens (tertiary/aromatic N) is 1. The van der Waals surface area contributed by atoms with Crippen molar-refractivity contribution in [1.82, 2.24) is 0 Å². The molecule has 0 saturated heterocycles. The first-order valence-electron chi connectivity index (χ1n) is 5.62. The van der Waals surface area contributed by atoms with E-state index < -0.39 is 5.97 Å². The summed E-state index contributed by atoms with van der Waals surface area (Å²) in [6, 6.07) is 16.5. The van der Waals surface area contributed by atoms with Crippen molar-refractivity contribution in [2.75, 3.05) is 0 Å². The SMILES string of the molecule is Cc1ccc(/C=N\OC(=O)c2ccccc2)cc1. The van der Waals surface area contributed by atoms with E-state index in [1.54, 1.807) is 24.3 Å². The van der Waals surface area contributed by atoms with Crippen molar-refractivity contribution >= 4 is 12.2 Å². The molecule has 0 fully saturated rings. The van der Waals surface area contributed by atoms with E-state index in [0.29, 0.717) is 5.56 Å². The quantitative estimate of drug-likeness (QED) is 0.468. The van der Waals surface area contributed by atoms with Gasteiger partial charge >= 0.3 is 5.97 Å². The highest BCUT2D eigenvalue weighted by atomic mass is 16.7. The van der Waals surface area contributed by atoms with E-state index in [4.69, 9.17) is 4.84 Å². The summed E-state index contributed by atoms with van der Waals surface area (Å²) in [6.07, 6.45) is 1.51. The van der Waals surface area contributed by atoms with Crippen LogP contribution in [0.1, 0.15) is 21.5 Å². The molecule has 3 nitrogen and oxygen atoms in total. The molecule has 0 aliphatic rings. The molecule has 3 heteroatoms. The molecule has 0 radical (unpaired) electrons. The molecule has 2 rings (SSSR count). The minimum Gasteiger partial charge on any atom is -0.313 e. The highest BCUT2D eigenvalue weighted by molar-refractivity contribution is 5.90. The van der Waals surface area contributed by atoms with Gasteiger partial charge in [-0.05, 0) is 24.6 Å². The molecule has 0 saturated carbocycles. The molecule has 18 heavy (non-hydrogen) atoms. The van der Waals surface area contributed by atoms with E-state index in [2.05, 4.69) is 5.16 Å². The van der Waals surface area contributed by atoms with E-state index in [0.717, 1.165) is 5.56 Å². The number of rotatable bonds is 3. The molecule has 0 heterocycles. The van der Waals surface area contributed by atoms with Crippen molar-refractivity contribution in [3.8, 4) is 0 Å². The summed E-state index contributed by atoms with van der Waals surface area (Å²) in [6.45, 7) is 2.01. The maximum Gasteiger partial charge on any atom is 0.365 e. The van der Waals surface area contributed by atoms with Crippen LogP contribution < -0.4 is 0 Å². The highest BCUT2D eigenvalue weighted by Gasteiger charge is 2.04. The summed E-state index contributed by atoms with van der Waals surface area (Å²) >= 11 is 0. The fraction of sp³-hybridized carbons (Fsp3) is 0.0667. The predicted octanol–water partition coefficient (Wildman–Crippen LogP) is 3.19. The van der Waals surface area contributed by atoms with Crippen LogP contribution >= 0.6 is 0 Å². The third-order valence-electron chi connectivity index (χ3n) is 2.42. The maximum absolute atomic E-state index is 11.6. The Hall–Kier alpha value is -2.42.